The number of aromatic amines is 1. The van der Waals surface area contributed by atoms with Crippen LogP contribution in [0.2, 0.25) is 0 Å². The third-order valence-electron chi connectivity index (χ3n) is 2.25. The molecule has 0 unspecified atom stereocenters. The summed E-state index contributed by atoms with van der Waals surface area (Å²) in [5.74, 6) is 0. The number of H-pyrrole nitrogens is 1. The van der Waals surface area contributed by atoms with E-state index in [1.54, 1.807) is 28.3 Å². The molecule has 14 heavy (non-hydrogen) atoms. The second-order valence-electron chi connectivity index (χ2n) is 3.12. The molecule has 0 fully saturated rings. The van der Waals surface area contributed by atoms with Crippen molar-refractivity contribution in [2.45, 2.75) is 19.9 Å². The molecule has 74 valence electrons. The molecule has 2 rings (SSSR count). The quantitative estimate of drug-likeness (QED) is 0.821. The standard InChI is InChI=1S/C10H12N2OS/c1-2-8-3-6-14-9(8)7-12-5-4-11-10(12)13/h3-6H,2,7H2,1H3,(H,11,13). The number of hydrogen-bond donors (Lipinski definition) is 1. The van der Waals surface area contributed by atoms with Gasteiger partial charge in [0.1, 0.15) is 0 Å². The minimum Gasteiger partial charge on any atom is -0.313 e. The van der Waals surface area contributed by atoms with Gasteiger partial charge >= 0.3 is 5.69 Å². The summed E-state index contributed by atoms with van der Waals surface area (Å²) in [5.41, 5.74) is 1.29. The first kappa shape index (κ1) is 9.27. The number of aryl methyl sites for hydroxylation is 1. The van der Waals surface area contributed by atoms with E-state index in [0.717, 1.165) is 6.42 Å². The first-order chi connectivity index (χ1) is 6.81. The maximum atomic E-state index is 11.3. The minimum absolute atomic E-state index is 0.0412. The van der Waals surface area contributed by atoms with Crippen LogP contribution >= 0.6 is 11.3 Å². The zero-order valence-corrected chi connectivity index (χ0v) is 8.80. The predicted molar refractivity (Wildman–Crippen MR) is 57.9 cm³/mol. The lowest BCUT2D eigenvalue weighted by molar-refractivity contribution is 0.766. The molecule has 0 amide bonds. The molecular weight excluding hydrogens is 196 g/mol. The van der Waals surface area contributed by atoms with Crippen molar-refractivity contribution in [2.75, 3.05) is 0 Å². The summed E-state index contributed by atoms with van der Waals surface area (Å²) in [6.45, 7) is 2.81. The van der Waals surface area contributed by atoms with Gasteiger partial charge in [-0.15, -0.1) is 11.3 Å². The van der Waals surface area contributed by atoms with Crippen molar-refractivity contribution in [3.63, 3.8) is 0 Å². The highest BCUT2D eigenvalue weighted by molar-refractivity contribution is 7.10. The molecule has 0 saturated heterocycles. The molecule has 2 aromatic heterocycles. The Morgan fingerprint density at radius 1 is 1.57 bits per heavy atom. The summed E-state index contributed by atoms with van der Waals surface area (Å²) in [4.78, 5) is 15.2. The van der Waals surface area contributed by atoms with Crippen LogP contribution in [0, 0.1) is 0 Å². The van der Waals surface area contributed by atoms with Crippen molar-refractivity contribution >= 4 is 11.3 Å². The highest BCUT2D eigenvalue weighted by Gasteiger charge is 2.04. The van der Waals surface area contributed by atoms with Crippen LogP contribution < -0.4 is 5.69 Å². The fourth-order valence-electron chi connectivity index (χ4n) is 1.45. The Hall–Kier alpha value is -1.29. The molecular formula is C10H12N2OS. The molecule has 0 aromatic carbocycles. The van der Waals surface area contributed by atoms with E-state index in [0.29, 0.717) is 6.54 Å². The lowest BCUT2D eigenvalue weighted by Gasteiger charge is -2.00. The molecule has 2 heterocycles. The van der Waals surface area contributed by atoms with Crippen LogP contribution in [0.25, 0.3) is 0 Å². The second kappa shape index (κ2) is 3.84. The van der Waals surface area contributed by atoms with Gasteiger partial charge in [-0.2, -0.15) is 0 Å². The van der Waals surface area contributed by atoms with Crippen LogP contribution in [-0.4, -0.2) is 9.55 Å². The fraction of sp³-hybridized carbons (Fsp3) is 0.300. The van der Waals surface area contributed by atoms with E-state index in [4.69, 9.17) is 0 Å². The molecule has 3 nitrogen and oxygen atoms in total. The Morgan fingerprint density at radius 2 is 2.43 bits per heavy atom. The van der Waals surface area contributed by atoms with E-state index in [9.17, 15) is 4.79 Å². The maximum absolute atomic E-state index is 11.3. The van der Waals surface area contributed by atoms with E-state index in [1.807, 2.05) is 0 Å². The Bertz CT molecular complexity index is 466. The van der Waals surface area contributed by atoms with Crippen molar-refractivity contribution in [1.29, 1.82) is 0 Å². The number of thiophene rings is 1. The number of imidazole rings is 1. The van der Waals surface area contributed by atoms with Crippen LogP contribution in [-0.2, 0) is 13.0 Å². The van der Waals surface area contributed by atoms with E-state index in [2.05, 4.69) is 23.4 Å². The van der Waals surface area contributed by atoms with Crippen molar-refractivity contribution in [2.24, 2.45) is 0 Å². The summed E-state index contributed by atoms with van der Waals surface area (Å²) in [7, 11) is 0. The van der Waals surface area contributed by atoms with Gasteiger partial charge in [0.15, 0.2) is 0 Å². The number of hydrogen-bond acceptors (Lipinski definition) is 2. The molecule has 0 aliphatic rings. The molecule has 0 bridgehead atoms. The summed E-state index contributed by atoms with van der Waals surface area (Å²) in [6, 6.07) is 2.12. The molecule has 0 spiro atoms. The molecule has 0 radical (unpaired) electrons. The SMILES string of the molecule is CCc1ccsc1Cn1cc[nH]c1=O. The minimum atomic E-state index is -0.0412. The van der Waals surface area contributed by atoms with Gasteiger partial charge in [0.25, 0.3) is 0 Å². The zero-order chi connectivity index (χ0) is 9.97. The van der Waals surface area contributed by atoms with Crippen molar-refractivity contribution in [3.8, 4) is 0 Å². The second-order valence-corrected chi connectivity index (χ2v) is 4.12. The first-order valence-corrected chi connectivity index (χ1v) is 5.48. The van der Waals surface area contributed by atoms with E-state index < -0.39 is 0 Å². The van der Waals surface area contributed by atoms with Crippen LogP contribution in [0.3, 0.4) is 0 Å². The molecule has 0 aliphatic heterocycles. The normalized spacial score (nSPS) is 10.6. The van der Waals surface area contributed by atoms with Crippen molar-refractivity contribution in [3.05, 3.63) is 44.8 Å². The van der Waals surface area contributed by atoms with Gasteiger partial charge in [0.05, 0.1) is 6.54 Å². The Morgan fingerprint density at radius 3 is 3.07 bits per heavy atom. The Kier molecular flexibility index (Phi) is 2.54. The third kappa shape index (κ3) is 1.65. The molecule has 0 atom stereocenters. The molecule has 0 aliphatic carbocycles. The Balaban J connectivity index is 2.27. The van der Waals surface area contributed by atoms with Gasteiger partial charge in [0.2, 0.25) is 0 Å². The summed E-state index contributed by atoms with van der Waals surface area (Å²) < 4.78 is 1.69. The van der Waals surface area contributed by atoms with E-state index in [-0.39, 0.29) is 5.69 Å². The van der Waals surface area contributed by atoms with Crippen molar-refractivity contribution in [1.82, 2.24) is 9.55 Å². The van der Waals surface area contributed by atoms with Gasteiger partial charge in [-0.3, -0.25) is 4.57 Å². The first-order valence-electron chi connectivity index (χ1n) is 4.60. The smallest absolute Gasteiger partial charge is 0.313 e. The monoisotopic (exact) mass is 208 g/mol. The van der Waals surface area contributed by atoms with Gasteiger partial charge in [0, 0.05) is 17.3 Å². The average Bonchev–Trinajstić information content (AvgIpc) is 2.77. The van der Waals surface area contributed by atoms with E-state index in [1.165, 1.54) is 10.4 Å². The summed E-state index contributed by atoms with van der Waals surface area (Å²) in [6.07, 6.45) is 4.47. The number of rotatable bonds is 3. The summed E-state index contributed by atoms with van der Waals surface area (Å²) >= 11 is 1.71. The largest absolute Gasteiger partial charge is 0.325 e. The summed E-state index contributed by atoms with van der Waals surface area (Å²) in [5, 5.41) is 2.08. The lowest BCUT2D eigenvalue weighted by Crippen LogP contribution is -2.16. The maximum Gasteiger partial charge on any atom is 0.325 e. The Labute approximate surface area is 86.0 Å². The highest BCUT2D eigenvalue weighted by atomic mass is 32.1. The molecule has 1 N–H and O–H groups in total. The average molecular weight is 208 g/mol. The van der Waals surface area contributed by atoms with Gasteiger partial charge in [-0.1, -0.05) is 6.92 Å². The number of nitrogens with zero attached hydrogens (tertiary/aromatic N) is 1. The van der Waals surface area contributed by atoms with Crippen molar-refractivity contribution < 1.29 is 0 Å². The van der Waals surface area contributed by atoms with Crippen LogP contribution in [0.1, 0.15) is 17.4 Å². The molecule has 4 heteroatoms. The van der Waals surface area contributed by atoms with Crippen LogP contribution in [0.15, 0.2) is 28.6 Å². The molecule has 0 saturated carbocycles. The number of aromatic nitrogens is 2. The third-order valence-corrected chi connectivity index (χ3v) is 3.20. The topological polar surface area (TPSA) is 37.8 Å². The van der Waals surface area contributed by atoms with E-state index >= 15 is 0 Å². The predicted octanol–water partition coefficient (Wildman–Crippen LogP) is 1.85. The zero-order valence-electron chi connectivity index (χ0n) is 7.99. The highest BCUT2D eigenvalue weighted by Crippen LogP contribution is 2.17. The fourth-order valence-corrected chi connectivity index (χ4v) is 2.42. The number of nitrogens with one attached hydrogen (secondary N) is 1. The van der Waals surface area contributed by atoms with Gasteiger partial charge in [-0.05, 0) is 23.4 Å². The molecule has 2 aromatic rings. The van der Waals surface area contributed by atoms with Gasteiger partial charge in [-0.25, -0.2) is 4.79 Å². The lowest BCUT2D eigenvalue weighted by atomic mass is 10.2. The van der Waals surface area contributed by atoms with Crippen LogP contribution in [0.5, 0.6) is 0 Å². The van der Waals surface area contributed by atoms with Crippen LogP contribution in [0.4, 0.5) is 0 Å². The van der Waals surface area contributed by atoms with Gasteiger partial charge < -0.3 is 4.98 Å².